The molecule has 12 nitrogen and oxygen atoms in total. The van der Waals surface area contributed by atoms with Crippen LogP contribution in [0.5, 0.6) is 0 Å². The number of likely N-dealkylation sites (tertiary alicyclic amines) is 1. The highest BCUT2D eigenvalue weighted by Crippen LogP contribution is 2.27. The highest BCUT2D eigenvalue weighted by molar-refractivity contribution is 6.07. The molecule has 0 atom stereocenters. The van der Waals surface area contributed by atoms with Gasteiger partial charge in [0.2, 0.25) is 5.91 Å². The second kappa shape index (κ2) is 9.88. The number of carbonyl (C=O) groups excluding carboxylic acids is 2. The molecule has 5 rings (SSSR count). The third kappa shape index (κ3) is 5.22. The van der Waals surface area contributed by atoms with E-state index in [2.05, 4.69) is 30.8 Å². The summed E-state index contributed by atoms with van der Waals surface area (Å²) in [5, 5.41) is 10.2. The fourth-order valence-electron chi connectivity index (χ4n) is 4.54. The van der Waals surface area contributed by atoms with Crippen LogP contribution in [0, 0.1) is 6.92 Å². The Labute approximate surface area is 213 Å². The summed E-state index contributed by atoms with van der Waals surface area (Å²) in [5.74, 6) is 0.763. The monoisotopic (exact) mass is 503 g/mol. The highest BCUT2D eigenvalue weighted by atomic mass is 16.5. The molecule has 1 spiro atoms. The van der Waals surface area contributed by atoms with Gasteiger partial charge in [-0.3, -0.25) is 19.9 Å². The third-order valence-corrected chi connectivity index (χ3v) is 6.79. The summed E-state index contributed by atoms with van der Waals surface area (Å²) in [7, 11) is 0. The molecule has 6 N–H and O–H groups in total. The van der Waals surface area contributed by atoms with E-state index in [1.165, 1.54) is 0 Å². The molecule has 37 heavy (non-hydrogen) atoms. The van der Waals surface area contributed by atoms with Gasteiger partial charge in [0.1, 0.15) is 17.3 Å². The Kier molecular flexibility index (Phi) is 6.47. The van der Waals surface area contributed by atoms with E-state index in [-0.39, 0.29) is 28.8 Å². The van der Waals surface area contributed by atoms with Crippen molar-refractivity contribution in [1.82, 2.24) is 30.7 Å². The van der Waals surface area contributed by atoms with Gasteiger partial charge in [-0.25, -0.2) is 9.97 Å². The zero-order valence-electron chi connectivity index (χ0n) is 20.5. The second-order valence-corrected chi connectivity index (χ2v) is 9.38. The van der Waals surface area contributed by atoms with Gasteiger partial charge in [0.25, 0.3) is 5.91 Å². The number of rotatable bonds is 5. The number of nitrogens with one attached hydrogen (secondary N) is 2. The Bertz CT molecular complexity index is 1340. The van der Waals surface area contributed by atoms with E-state index in [4.69, 9.17) is 16.0 Å². The SMILES string of the molecule is Cc1nc(C(=O)NC2=NCC3(CCN(C(=O)CCc4cc(-c5ccccc5)no4)CC3)N2)c(N)nc1N. The first kappa shape index (κ1) is 24.2. The van der Waals surface area contributed by atoms with Gasteiger partial charge in [-0.05, 0) is 19.8 Å². The number of hydrogen-bond acceptors (Lipinski definition) is 10. The van der Waals surface area contributed by atoms with Crippen LogP contribution in [0.2, 0.25) is 0 Å². The van der Waals surface area contributed by atoms with Gasteiger partial charge in [-0.1, -0.05) is 35.5 Å². The summed E-state index contributed by atoms with van der Waals surface area (Å²) >= 11 is 0. The molecule has 1 fully saturated rings. The van der Waals surface area contributed by atoms with Crippen molar-refractivity contribution in [2.45, 2.75) is 38.1 Å². The van der Waals surface area contributed by atoms with Crippen LogP contribution in [0.25, 0.3) is 11.3 Å². The normalized spacial score (nSPS) is 16.4. The smallest absolute Gasteiger partial charge is 0.280 e. The lowest BCUT2D eigenvalue weighted by Gasteiger charge is -2.39. The average Bonchev–Trinajstić information content (AvgIpc) is 3.53. The number of nitrogens with two attached hydrogens (primary N) is 2. The first-order valence-corrected chi connectivity index (χ1v) is 12.1. The van der Waals surface area contributed by atoms with Crippen molar-refractivity contribution >= 4 is 29.4 Å². The zero-order valence-corrected chi connectivity index (χ0v) is 20.5. The van der Waals surface area contributed by atoms with E-state index < -0.39 is 5.91 Å². The molecule has 1 saturated heterocycles. The lowest BCUT2D eigenvalue weighted by atomic mass is 9.88. The minimum atomic E-state index is -0.508. The largest absolute Gasteiger partial charge is 0.382 e. The van der Waals surface area contributed by atoms with Crippen molar-refractivity contribution < 1.29 is 14.1 Å². The average molecular weight is 504 g/mol. The topological polar surface area (TPSA) is 178 Å². The molecule has 0 aliphatic carbocycles. The summed E-state index contributed by atoms with van der Waals surface area (Å²) in [4.78, 5) is 39.9. The maximum absolute atomic E-state index is 12.8. The molecule has 0 saturated carbocycles. The maximum Gasteiger partial charge on any atom is 0.280 e. The number of hydrogen-bond donors (Lipinski definition) is 4. The molecule has 12 heteroatoms. The summed E-state index contributed by atoms with van der Waals surface area (Å²) in [6, 6.07) is 11.7. The molecule has 0 unspecified atom stereocenters. The van der Waals surface area contributed by atoms with Crippen molar-refractivity contribution in [1.29, 1.82) is 0 Å². The molecule has 0 bridgehead atoms. The van der Waals surface area contributed by atoms with E-state index in [0.717, 1.165) is 11.3 Å². The molecular formula is C25H29N9O3. The van der Waals surface area contributed by atoms with Crippen molar-refractivity contribution in [3.63, 3.8) is 0 Å². The summed E-state index contributed by atoms with van der Waals surface area (Å²) in [6.07, 6.45) is 2.27. The lowest BCUT2D eigenvalue weighted by Crippen LogP contribution is -2.57. The first-order valence-electron chi connectivity index (χ1n) is 12.1. The number of aromatic nitrogens is 3. The lowest BCUT2D eigenvalue weighted by molar-refractivity contribution is -0.132. The number of carbonyl (C=O) groups is 2. The number of aliphatic imine (C=N–C) groups is 1. The van der Waals surface area contributed by atoms with E-state index in [0.29, 0.717) is 62.7 Å². The Morgan fingerprint density at radius 3 is 2.65 bits per heavy atom. The number of guanidine groups is 1. The molecule has 192 valence electrons. The molecule has 4 heterocycles. The standard InChI is InChI=1S/C25H29N9O3/c1-15-21(26)30-22(27)20(29-15)23(36)31-24-28-14-25(32-24)9-11-34(12-10-25)19(35)8-7-17-13-18(33-37-17)16-5-3-2-4-6-16/h2-6,13H,7-12,14H2,1H3,(H4,26,27,30)(H2,28,31,32,36). The molecule has 2 aliphatic rings. The minimum Gasteiger partial charge on any atom is -0.382 e. The van der Waals surface area contributed by atoms with E-state index in [1.54, 1.807) is 6.92 Å². The fraction of sp³-hybridized carbons (Fsp3) is 0.360. The Morgan fingerprint density at radius 2 is 1.89 bits per heavy atom. The van der Waals surface area contributed by atoms with Crippen LogP contribution >= 0.6 is 0 Å². The highest BCUT2D eigenvalue weighted by Gasteiger charge is 2.40. The molecule has 1 aromatic carbocycles. The van der Waals surface area contributed by atoms with Crippen LogP contribution in [0.3, 0.4) is 0 Å². The number of anilines is 2. The van der Waals surface area contributed by atoms with Crippen molar-refractivity contribution in [3.8, 4) is 11.3 Å². The van der Waals surface area contributed by atoms with Crippen molar-refractivity contribution in [3.05, 3.63) is 53.5 Å². The third-order valence-electron chi connectivity index (χ3n) is 6.79. The van der Waals surface area contributed by atoms with E-state index >= 15 is 0 Å². The number of benzene rings is 1. The molecule has 2 amide bonds. The Hall–Kier alpha value is -4.48. The fourth-order valence-corrected chi connectivity index (χ4v) is 4.54. The van der Waals surface area contributed by atoms with E-state index in [1.807, 2.05) is 41.3 Å². The van der Waals surface area contributed by atoms with Gasteiger partial charge in [0.05, 0.1) is 17.8 Å². The molecule has 2 aliphatic heterocycles. The molecule has 0 radical (unpaired) electrons. The maximum atomic E-state index is 12.8. The van der Waals surface area contributed by atoms with Crippen LogP contribution in [0.4, 0.5) is 11.6 Å². The zero-order chi connectivity index (χ0) is 26.0. The molecule has 2 aromatic heterocycles. The summed E-state index contributed by atoms with van der Waals surface area (Å²) in [6.45, 7) is 3.36. The van der Waals surface area contributed by atoms with Crippen LogP contribution < -0.4 is 22.1 Å². The predicted octanol–water partition coefficient (Wildman–Crippen LogP) is 1.29. The van der Waals surface area contributed by atoms with Gasteiger partial charge in [-0.2, -0.15) is 0 Å². The minimum absolute atomic E-state index is 0.000196. The molecular weight excluding hydrogens is 474 g/mol. The van der Waals surface area contributed by atoms with Crippen LogP contribution in [-0.4, -0.2) is 63.0 Å². The second-order valence-electron chi connectivity index (χ2n) is 9.38. The Morgan fingerprint density at radius 1 is 1.14 bits per heavy atom. The number of nitrogen functional groups attached to an aromatic ring is 2. The van der Waals surface area contributed by atoms with Crippen molar-refractivity contribution in [2.24, 2.45) is 4.99 Å². The number of piperidine rings is 1. The summed E-state index contributed by atoms with van der Waals surface area (Å²) in [5.41, 5.74) is 13.4. The van der Waals surface area contributed by atoms with Gasteiger partial charge >= 0.3 is 0 Å². The first-order chi connectivity index (χ1) is 17.8. The molecule has 3 aromatic rings. The van der Waals surface area contributed by atoms with E-state index in [9.17, 15) is 9.59 Å². The number of amides is 2. The van der Waals surface area contributed by atoms with Crippen LogP contribution in [0.1, 0.15) is 41.2 Å². The van der Waals surface area contributed by atoms with Crippen LogP contribution in [-0.2, 0) is 11.2 Å². The Balaban J connectivity index is 1.09. The van der Waals surface area contributed by atoms with Crippen LogP contribution in [0.15, 0.2) is 45.9 Å². The van der Waals surface area contributed by atoms with Gasteiger partial charge in [0, 0.05) is 37.6 Å². The van der Waals surface area contributed by atoms with Gasteiger partial charge in [0.15, 0.2) is 17.5 Å². The van der Waals surface area contributed by atoms with Gasteiger partial charge in [-0.15, -0.1) is 0 Å². The summed E-state index contributed by atoms with van der Waals surface area (Å²) < 4.78 is 5.43. The number of nitrogens with zero attached hydrogens (tertiary/aromatic N) is 5. The van der Waals surface area contributed by atoms with Gasteiger partial charge < -0.3 is 26.2 Å². The predicted molar refractivity (Wildman–Crippen MR) is 137 cm³/mol. The quantitative estimate of drug-likeness (QED) is 0.399. The number of aryl methyl sites for hydroxylation is 2. The van der Waals surface area contributed by atoms with Crippen molar-refractivity contribution in [2.75, 3.05) is 31.1 Å².